The van der Waals surface area contributed by atoms with Gasteiger partial charge in [0.05, 0.1) is 35.8 Å². The van der Waals surface area contributed by atoms with Crippen molar-refractivity contribution in [3.05, 3.63) is 89.5 Å². The number of amides is 2. The highest BCUT2D eigenvalue weighted by molar-refractivity contribution is 7.92. The van der Waals surface area contributed by atoms with Gasteiger partial charge in [-0.2, -0.15) is 0 Å². The van der Waals surface area contributed by atoms with Crippen molar-refractivity contribution in [3.63, 3.8) is 0 Å². The molecule has 0 saturated heterocycles. The molecule has 2 unspecified atom stereocenters. The summed E-state index contributed by atoms with van der Waals surface area (Å²) in [7, 11) is -3.69. The number of nitrogens with zero attached hydrogens (tertiary/aromatic N) is 1. The molecule has 200 valence electrons. The van der Waals surface area contributed by atoms with E-state index in [4.69, 9.17) is 4.74 Å². The van der Waals surface area contributed by atoms with Gasteiger partial charge in [-0.3, -0.25) is 13.9 Å². The van der Waals surface area contributed by atoms with Gasteiger partial charge in [-0.1, -0.05) is 69.3 Å². The highest BCUT2D eigenvalue weighted by atomic mass is 32.2. The predicted molar refractivity (Wildman–Crippen MR) is 149 cm³/mol. The van der Waals surface area contributed by atoms with Crippen LogP contribution in [0.1, 0.15) is 55.2 Å². The number of carbonyl (C=O) groups is 2. The summed E-state index contributed by atoms with van der Waals surface area (Å²) >= 11 is 0. The Morgan fingerprint density at radius 1 is 1.00 bits per heavy atom. The minimum absolute atomic E-state index is 0.190. The Hall–Kier alpha value is -3.85. The second kappa shape index (κ2) is 10.5. The maximum Gasteiger partial charge on any atom is 0.267 e. The number of rotatable bonds is 6. The van der Waals surface area contributed by atoms with Crippen LogP contribution in [0.4, 0.5) is 11.4 Å². The molecule has 0 aliphatic carbocycles. The molecule has 2 amide bonds. The summed E-state index contributed by atoms with van der Waals surface area (Å²) in [6, 6.07) is 21.3. The van der Waals surface area contributed by atoms with Gasteiger partial charge in [0.2, 0.25) is 10.0 Å². The molecule has 0 fully saturated rings. The smallest absolute Gasteiger partial charge is 0.267 e. The molecule has 0 spiro atoms. The average molecular weight is 536 g/mol. The summed E-state index contributed by atoms with van der Waals surface area (Å²) in [5.74, 6) is -0.599. The molecule has 1 heterocycles. The molecule has 2 N–H and O–H groups in total. The van der Waals surface area contributed by atoms with E-state index in [0.717, 1.165) is 17.4 Å². The molecule has 0 radical (unpaired) electrons. The molecule has 1 aliphatic rings. The van der Waals surface area contributed by atoms with E-state index >= 15 is 0 Å². The number of anilines is 2. The largest absolute Gasteiger partial charge is 0.476 e. The van der Waals surface area contributed by atoms with Gasteiger partial charge in [-0.05, 0) is 47.7 Å². The summed E-state index contributed by atoms with van der Waals surface area (Å²) < 4.78 is 32.5. The van der Waals surface area contributed by atoms with Crippen LogP contribution in [0.25, 0.3) is 0 Å². The number of sulfonamides is 1. The molecule has 3 aromatic rings. The van der Waals surface area contributed by atoms with Crippen molar-refractivity contribution in [3.8, 4) is 5.75 Å². The third kappa shape index (κ3) is 5.99. The minimum atomic E-state index is -3.69. The minimum Gasteiger partial charge on any atom is -0.476 e. The molecule has 2 atom stereocenters. The fourth-order valence-corrected chi connectivity index (χ4v) is 5.18. The maximum absolute atomic E-state index is 13.3. The van der Waals surface area contributed by atoms with Crippen LogP contribution in [-0.2, 0) is 20.2 Å². The summed E-state index contributed by atoms with van der Waals surface area (Å²) in [4.78, 5) is 26.4. The molecule has 38 heavy (non-hydrogen) atoms. The van der Waals surface area contributed by atoms with E-state index in [0.29, 0.717) is 17.1 Å². The van der Waals surface area contributed by atoms with Crippen LogP contribution in [0.2, 0.25) is 0 Å². The van der Waals surface area contributed by atoms with Crippen molar-refractivity contribution < 1.29 is 22.7 Å². The molecule has 0 saturated carbocycles. The van der Waals surface area contributed by atoms with Crippen molar-refractivity contribution in [2.45, 2.75) is 45.3 Å². The number of para-hydroxylation sites is 1. The number of ether oxygens (including phenoxy) is 1. The first kappa shape index (κ1) is 27.2. The summed E-state index contributed by atoms with van der Waals surface area (Å²) in [6.07, 6.45) is -0.00830. The lowest BCUT2D eigenvalue weighted by molar-refractivity contribution is -0.122. The first-order valence-electron chi connectivity index (χ1n) is 12.4. The molecule has 1 aliphatic heterocycles. The molecule has 0 aromatic heterocycles. The Morgan fingerprint density at radius 3 is 2.32 bits per heavy atom. The number of benzene rings is 3. The maximum atomic E-state index is 13.3. The fraction of sp³-hybridized carbons (Fsp3) is 0.310. The molecular formula is C29H33N3O5S. The van der Waals surface area contributed by atoms with Crippen LogP contribution < -0.4 is 19.7 Å². The van der Waals surface area contributed by atoms with E-state index in [1.54, 1.807) is 36.4 Å². The van der Waals surface area contributed by atoms with Crippen LogP contribution >= 0.6 is 0 Å². The molecule has 8 nitrogen and oxygen atoms in total. The Morgan fingerprint density at radius 2 is 1.66 bits per heavy atom. The number of hydrogen-bond acceptors (Lipinski definition) is 5. The zero-order valence-electron chi connectivity index (χ0n) is 22.2. The Balaban J connectivity index is 1.56. The van der Waals surface area contributed by atoms with Crippen LogP contribution in [0, 0.1) is 0 Å². The lowest BCUT2D eigenvalue weighted by atomic mass is 9.86. The molecule has 0 bridgehead atoms. The van der Waals surface area contributed by atoms with Gasteiger partial charge in [0.15, 0.2) is 6.10 Å². The highest BCUT2D eigenvalue weighted by Gasteiger charge is 2.36. The molecule has 4 rings (SSSR count). The van der Waals surface area contributed by atoms with Gasteiger partial charge in [-0.25, -0.2) is 8.42 Å². The lowest BCUT2D eigenvalue weighted by Gasteiger charge is -2.35. The average Bonchev–Trinajstić information content (AvgIpc) is 2.87. The van der Waals surface area contributed by atoms with Gasteiger partial charge in [0.1, 0.15) is 5.75 Å². The Labute approximate surface area is 224 Å². The van der Waals surface area contributed by atoms with Gasteiger partial charge < -0.3 is 15.4 Å². The first-order chi connectivity index (χ1) is 17.8. The van der Waals surface area contributed by atoms with Crippen molar-refractivity contribution in [2.24, 2.45) is 0 Å². The quantitative estimate of drug-likeness (QED) is 0.479. The normalized spacial score (nSPS) is 16.1. The third-order valence-electron chi connectivity index (χ3n) is 6.46. The zero-order chi connectivity index (χ0) is 27.7. The van der Waals surface area contributed by atoms with Crippen molar-refractivity contribution in [2.75, 3.05) is 22.4 Å². The van der Waals surface area contributed by atoms with Gasteiger partial charge in [-0.15, -0.1) is 0 Å². The van der Waals surface area contributed by atoms with Crippen LogP contribution in [0.15, 0.2) is 72.8 Å². The van der Waals surface area contributed by atoms with Crippen LogP contribution in [0.3, 0.4) is 0 Å². The van der Waals surface area contributed by atoms with E-state index in [-0.39, 0.29) is 29.5 Å². The van der Waals surface area contributed by atoms with Crippen molar-refractivity contribution in [1.29, 1.82) is 0 Å². The second-order valence-corrected chi connectivity index (χ2v) is 12.4. The van der Waals surface area contributed by atoms with Crippen molar-refractivity contribution >= 4 is 33.2 Å². The molecule has 9 heteroatoms. The van der Waals surface area contributed by atoms with Crippen LogP contribution in [-0.4, -0.2) is 39.1 Å². The lowest BCUT2D eigenvalue weighted by Crippen LogP contribution is -2.48. The predicted octanol–water partition coefficient (Wildman–Crippen LogP) is 4.64. The first-order valence-corrected chi connectivity index (χ1v) is 14.2. The van der Waals surface area contributed by atoms with Gasteiger partial charge in [0, 0.05) is 0 Å². The third-order valence-corrected chi connectivity index (χ3v) is 7.61. The SMILES string of the molecule is CC(NC(=O)c1ccccc1NC(=O)C1CN(S(C)(=O)=O)c2cc(C(C)(C)C)ccc2O1)c1ccccc1. The number of carbonyl (C=O) groups excluding carboxylic acids is 2. The van der Waals surface area contributed by atoms with E-state index in [1.807, 2.05) is 64.1 Å². The molecule has 3 aromatic carbocycles. The highest BCUT2D eigenvalue weighted by Crippen LogP contribution is 2.38. The monoisotopic (exact) mass is 535 g/mol. The van der Waals surface area contributed by atoms with E-state index < -0.39 is 22.0 Å². The topological polar surface area (TPSA) is 105 Å². The standard InChI is InChI=1S/C29H33N3O5S/c1-19(20-11-7-6-8-12-20)30-27(33)22-13-9-10-14-23(22)31-28(34)26-18-32(38(5,35)36)24-17-21(29(2,3)4)15-16-25(24)37-26/h6-17,19,26H,18H2,1-5H3,(H,30,33)(H,31,34). The zero-order valence-corrected chi connectivity index (χ0v) is 23.0. The van der Waals surface area contributed by atoms with Gasteiger partial charge in [0.25, 0.3) is 11.8 Å². The van der Waals surface area contributed by atoms with E-state index in [9.17, 15) is 18.0 Å². The summed E-state index contributed by atoms with van der Waals surface area (Å²) in [5.41, 5.74) is 2.69. The summed E-state index contributed by atoms with van der Waals surface area (Å²) in [6.45, 7) is 7.80. The van der Waals surface area contributed by atoms with Crippen LogP contribution in [0.5, 0.6) is 5.75 Å². The fourth-order valence-electron chi connectivity index (χ4n) is 4.27. The number of hydrogen-bond donors (Lipinski definition) is 2. The van der Waals surface area contributed by atoms with E-state index in [1.165, 1.54) is 4.31 Å². The number of fused-ring (bicyclic) bond motifs is 1. The Kier molecular flexibility index (Phi) is 7.51. The Bertz CT molecular complexity index is 1450. The second-order valence-electron chi connectivity index (χ2n) is 10.5. The van der Waals surface area contributed by atoms with Gasteiger partial charge >= 0.3 is 0 Å². The summed E-state index contributed by atoms with van der Waals surface area (Å²) in [5, 5.41) is 5.72. The van der Waals surface area contributed by atoms with E-state index in [2.05, 4.69) is 10.6 Å². The molecular weight excluding hydrogens is 502 g/mol. The number of nitrogens with one attached hydrogen (secondary N) is 2. The van der Waals surface area contributed by atoms with Crippen molar-refractivity contribution in [1.82, 2.24) is 5.32 Å².